The van der Waals surface area contributed by atoms with Crippen molar-refractivity contribution in [1.82, 2.24) is 0 Å². The van der Waals surface area contributed by atoms with E-state index >= 15 is 0 Å². The van der Waals surface area contributed by atoms with Gasteiger partial charge in [-0.25, -0.2) is 4.79 Å². The number of unbranched alkanes of at least 4 members (excludes halogenated alkanes) is 1. The van der Waals surface area contributed by atoms with Crippen LogP contribution in [0.2, 0.25) is 0 Å². The van der Waals surface area contributed by atoms with Crippen LogP contribution < -0.4 is 24.8 Å². The van der Waals surface area contributed by atoms with Gasteiger partial charge in [-0.3, -0.25) is 9.59 Å². The molecule has 2 aromatic carbocycles. The summed E-state index contributed by atoms with van der Waals surface area (Å²) in [6.45, 7) is 5.93. The van der Waals surface area contributed by atoms with Crippen molar-refractivity contribution >= 4 is 35.2 Å². The fourth-order valence-corrected chi connectivity index (χ4v) is 2.96. The summed E-state index contributed by atoms with van der Waals surface area (Å²) >= 11 is 0. The first-order valence-electron chi connectivity index (χ1n) is 11.4. The SMILES string of the molecule is CCCCOc1ccc(/C=C/C(=O)OCC(=O)Nc2cc(NC(C)=O)ccc2OC)cc1OCC. The van der Waals surface area contributed by atoms with Crippen LogP contribution >= 0.6 is 0 Å². The molecule has 0 aliphatic carbocycles. The van der Waals surface area contributed by atoms with E-state index in [2.05, 4.69) is 17.6 Å². The van der Waals surface area contributed by atoms with Gasteiger partial charge in [0.25, 0.3) is 5.91 Å². The van der Waals surface area contributed by atoms with Gasteiger partial charge in [0, 0.05) is 18.7 Å². The second kappa shape index (κ2) is 14.3. The lowest BCUT2D eigenvalue weighted by Gasteiger charge is -2.12. The summed E-state index contributed by atoms with van der Waals surface area (Å²) in [5, 5.41) is 5.23. The highest BCUT2D eigenvalue weighted by Crippen LogP contribution is 2.29. The van der Waals surface area contributed by atoms with Crippen LogP contribution in [0.3, 0.4) is 0 Å². The smallest absolute Gasteiger partial charge is 0.331 e. The standard InChI is InChI=1S/C26H32N2O7/c1-5-7-14-34-23-11-8-19(15-24(23)33-6-2)9-13-26(31)35-17-25(30)28-21-16-20(27-18(3)29)10-12-22(21)32-4/h8-13,15-16H,5-7,14,17H2,1-4H3,(H,27,29)(H,28,30)/b13-9+. The number of nitrogens with one attached hydrogen (secondary N) is 2. The van der Waals surface area contributed by atoms with E-state index in [0.717, 1.165) is 18.4 Å². The summed E-state index contributed by atoms with van der Waals surface area (Å²) in [5.41, 5.74) is 1.54. The second-order valence-corrected chi connectivity index (χ2v) is 7.43. The Labute approximate surface area is 205 Å². The van der Waals surface area contributed by atoms with Gasteiger partial charge >= 0.3 is 5.97 Å². The number of esters is 1. The molecule has 2 N–H and O–H groups in total. The molecular formula is C26H32N2O7. The molecule has 35 heavy (non-hydrogen) atoms. The first-order chi connectivity index (χ1) is 16.9. The van der Waals surface area contributed by atoms with Crippen molar-refractivity contribution < 1.29 is 33.3 Å². The first kappa shape index (κ1) is 27.2. The van der Waals surface area contributed by atoms with Crippen LogP contribution in [0.1, 0.15) is 39.2 Å². The van der Waals surface area contributed by atoms with Crippen LogP contribution in [0.4, 0.5) is 11.4 Å². The number of anilines is 2. The molecule has 0 saturated carbocycles. The van der Waals surface area contributed by atoms with Crippen molar-refractivity contribution in [3.05, 3.63) is 48.0 Å². The first-order valence-corrected chi connectivity index (χ1v) is 11.4. The average Bonchev–Trinajstić information content (AvgIpc) is 2.82. The average molecular weight is 485 g/mol. The van der Waals surface area contributed by atoms with Crippen molar-refractivity contribution in [2.75, 3.05) is 37.6 Å². The molecule has 0 atom stereocenters. The van der Waals surface area contributed by atoms with Crippen LogP contribution in [-0.2, 0) is 19.1 Å². The topological polar surface area (TPSA) is 112 Å². The van der Waals surface area contributed by atoms with Crippen molar-refractivity contribution in [3.8, 4) is 17.2 Å². The third-order valence-electron chi connectivity index (χ3n) is 4.57. The fourth-order valence-electron chi connectivity index (χ4n) is 2.96. The molecule has 0 bridgehead atoms. The highest BCUT2D eigenvalue weighted by molar-refractivity contribution is 5.97. The maximum Gasteiger partial charge on any atom is 0.331 e. The molecule has 2 amide bonds. The molecule has 9 nitrogen and oxygen atoms in total. The molecule has 2 rings (SSSR count). The van der Waals surface area contributed by atoms with E-state index in [1.54, 1.807) is 42.5 Å². The molecule has 0 saturated heterocycles. The van der Waals surface area contributed by atoms with Gasteiger partial charge in [-0.15, -0.1) is 0 Å². The molecule has 0 radical (unpaired) electrons. The van der Waals surface area contributed by atoms with Gasteiger partial charge in [-0.2, -0.15) is 0 Å². The lowest BCUT2D eigenvalue weighted by molar-refractivity contribution is -0.142. The summed E-state index contributed by atoms with van der Waals surface area (Å²) < 4.78 is 21.6. The second-order valence-electron chi connectivity index (χ2n) is 7.43. The number of carbonyl (C=O) groups is 3. The lowest BCUT2D eigenvalue weighted by Crippen LogP contribution is -2.20. The predicted octanol–water partition coefficient (Wildman–Crippen LogP) is 4.43. The Morgan fingerprint density at radius 2 is 1.71 bits per heavy atom. The zero-order valence-corrected chi connectivity index (χ0v) is 20.5. The number of hydrogen-bond donors (Lipinski definition) is 2. The maximum absolute atomic E-state index is 12.3. The number of rotatable bonds is 13. The number of methoxy groups -OCH3 is 1. The zero-order chi connectivity index (χ0) is 25.6. The molecule has 2 aromatic rings. The molecule has 0 fully saturated rings. The Kier molecular flexibility index (Phi) is 11.1. The Morgan fingerprint density at radius 3 is 2.40 bits per heavy atom. The van der Waals surface area contributed by atoms with Gasteiger partial charge in [-0.05, 0) is 55.3 Å². The van der Waals surface area contributed by atoms with Crippen LogP contribution in [0.25, 0.3) is 6.08 Å². The predicted molar refractivity (Wildman–Crippen MR) is 134 cm³/mol. The molecule has 0 aromatic heterocycles. The van der Waals surface area contributed by atoms with Crippen LogP contribution in [0.15, 0.2) is 42.5 Å². The van der Waals surface area contributed by atoms with Crippen LogP contribution in [0.5, 0.6) is 17.2 Å². The Morgan fingerprint density at radius 1 is 0.943 bits per heavy atom. The van der Waals surface area contributed by atoms with Crippen LogP contribution in [-0.4, -0.2) is 44.7 Å². The van der Waals surface area contributed by atoms with E-state index in [0.29, 0.717) is 41.8 Å². The van der Waals surface area contributed by atoms with E-state index < -0.39 is 18.5 Å². The van der Waals surface area contributed by atoms with Gasteiger partial charge in [-0.1, -0.05) is 19.4 Å². The Bertz CT molecular complexity index is 1050. The van der Waals surface area contributed by atoms with Crippen molar-refractivity contribution in [2.45, 2.75) is 33.6 Å². The summed E-state index contributed by atoms with van der Waals surface area (Å²) in [6.07, 6.45) is 4.77. The maximum atomic E-state index is 12.3. The zero-order valence-electron chi connectivity index (χ0n) is 20.5. The van der Waals surface area contributed by atoms with Gasteiger partial charge < -0.3 is 29.6 Å². The largest absolute Gasteiger partial charge is 0.495 e. The number of amides is 2. The summed E-state index contributed by atoms with van der Waals surface area (Å²) in [6, 6.07) is 10.2. The minimum Gasteiger partial charge on any atom is -0.495 e. The quantitative estimate of drug-likeness (QED) is 0.246. The fraction of sp³-hybridized carbons (Fsp3) is 0.346. The molecule has 0 unspecified atom stereocenters. The van der Waals surface area contributed by atoms with Gasteiger partial charge in [0.2, 0.25) is 5.91 Å². The molecular weight excluding hydrogens is 452 g/mol. The number of hydrogen-bond acceptors (Lipinski definition) is 7. The van der Waals surface area contributed by atoms with E-state index in [1.807, 2.05) is 6.92 Å². The van der Waals surface area contributed by atoms with E-state index in [1.165, 1.54) is 20.1 Å². The Hall–Kier alpha value is -4.01. The highest BCUT2D eigenvalue weighted by atomic mass is 16.5. The number of benzene rings is 2. The number of ether oxygens (including phenoxy) is 4. The van der Waals surface area contributed by atoms with Crippen molar-refractivity contribution in [3.63, 3.8) is 0 Å². The minimum atomic E-state index is -0.680. The van der Waals surface area contributed by atoms with E-state index in [-0.39, 0.29) is 5.91 Å². The summed E-state index contributed by atoms with van der Waals surface area (Å²) in [4.78, 5) is 35.6. The molecule has 0 aliphatic rings. The number of carbonyl (C=O) groups excluding carboxylic acids is 3. The Balaban J connectivity index is 1.94. The molecule has 9 heteroatoms. The molecule has 188 valence electrons. The molecule has 0 aliphatic heterocycles. The third-order valence-corrected chi connectivity index (χ3v) is 4.57. The monoisotopic (exact) mass is 484 g/mol. The molecule has 0 heterocycles. The van der Waals surface area contributed by atoms with Crippen LogP contribution in [0, 0.1) is 0 Å². The normalized spacial score (nSPS) is 10.5. The van der Waals surface area contributed by atoms with E-state index in [9.17, 15) is 14.4 Å². The third kappa shape index (κ3) is 9.40. The van der Waals surface area contributed by atoms with Crippen molar-refractivity contribution in [2.24, 2.45) is 0 Å². The highest BCUT2D eigenvalue weighted by Gasteiger charge is 2.11. The van der Waals surface area contributed by atoms with Gasteiger partial charge in [0.1, 0.15) is 5.75 Å². The summed E-state index contributed by atoms with van der Waals surface area (Å²) in [7, 11) is 1.45. The molecule has 0 spiro atoms. The summed E-state index contributed by atoms with van der Waals surface area (Å²) in [5.74, 6) is 0.146. The lowest BCUT2D eigenvalue weighted by atomic mass is 10.2. The van der Waals surface area contributed by atoms with Gasteiger partial charge in [0.05, 0.1) is 26.0 Å². The van der Waals surface area contributed by atoms with Crippen molar-refractivity contribution in [1.29, 1.82) is 0 Å². The van der Waals surface area contributed by atoms with E-state index in [4.69, 9.17) is 18.9 Å². The van der Waals surface area contributed by atoms with Gasteiger partial charge in [0.15, 0.2) is 18.1 Å². The minimum absolute atomic E-state index is 0.250.